The van der Waals surface area contributed by atoms with Crippen LogP contribution in [0.5, 0.6) is 5.75 Å². The first-order chi connectivity index (χ1) is 14.3. The van der Waals surface area contributed by atoms with Crippen LogP contribution in [-0.4, -0.2) is 41.3 Å². The average Bonchev–Trinajstić information content (AvgIpc) is 2.71. The number of ether oxygens (including phenoxy) is 2. The summed E-state index contributed by atoms with van der Waals surface area (Å²) in [6.07, 6.45) is 13.7. The highest BCUT2D eigenvalue weighted by Crippen LogP contribution is 2.27. The van der Waals surface area contributed by atoms with Crippen molar-refractivity contribution >= 4 is 28.6 Å². The van der Waals surface area contributed by atoms with Gasteiger partial charge in [0.2, 0.25) is 5.44 Å². The third kappa shape index (κ3) is 6.42. The molecule has 0 spiro atoms. The van der Waals surface area contributed by atoms with Crippen molar-refractivity contribution < 1.29 is 18.7 Å². The first-order valence-electron chi connectivity index (χ1n) is 8.88. The van der Waals surface area contributed by atoms with Gasteiger partial charge in [0.1, 0.15) is 13.2 Å². The van der Waals surface area contributed by atoms with Crippen LogP contribution in [0, 0.1) is 42.3 Å². The summed E-state index contributed by atoms with van der Waals surface area (Å²) >= 11 is 1.13. The first-order valence-corrected chi connectivity index (χ1v) is 10.2. The van der Waals surface area contributed by atoms with E-state index in [0.29, 0.717) is 16.5 Å². The van der Waals surface area contributed by atoms with E-state index in [0.717, 1.165) is 11.8 Å². The number of halogens is 1. The Morgan fingerprint density at radius 1 is 1.33 bits per heavy atom. The number of benzene rings is 1. The Morgan fingerprint density at radius 2 is 2.10 bits per heavy atom. The smallest absolute Gasteiger partial charge is 0.272 e. The van der Waals surface area contributed by atoms with Crippen LogP contribution in [0.2, 0.25) is 0 Å². The molecule has 0 aliphatic carbocycles. The molecule has 5 nitrogen and oxygen atoms in total. The molecule has 1 aromatic carbocycles. The van der Waals surface area contributed by atoms with Crippen LogP contribution in [0.1, 0.15) is 19.4 Å². The number of nitrogens with one attached hydrogen (secondary N) is 1. The fourth-order valence-corrected chi connectivity index (χ4v) is 2.91. The molecule has 2 rings (SSSR count). The third-order valence-electron chi connectivity index (χ3n) is 3.76. The Balaban J connectivity index is 2.14. The normalized spacial score (nSPS) is 11.5. The molecule has 0 aliphatic heterocycles. The van der Waals surface area contributed by atoms with Gasteiger partial charge in [-0.1, -0.05) is 23.7 Å². The molecule has 0 fully saturated rings. The molecule has 1 atom stereocenters. The zero-order chi connectivity index (χ0) is 22.1. The molecule has 154 valence electrons. The monoisotopic (exact) mass is 424 g/mol. The van der Waals surface area contributed by atoms with Crippen molar-refractivity contribution in [2.45, 2.75) is 24.8 Å². The Labute approximate surface area is 180 Å². The largest absolute Gasteiger partial charge is 0.467 e. The molecule has 1 unspecified atom stereocenters. The van der Waals surface area contributed by atoms with E-state index in [1.165, 1.54) is 18.3 Å². The number of pyridine rings is 1. The lowest BCUT2D eigenvalue weighted by atomic mass is 10.1. The predicted octanol–water partition coefficient (Wildman–Crippen LogP) is 2.97. The molecular formula is C23H21FN2O3S. The number of carbonyl (C=O) groups is 1. The summed E-state index contributed by atoms with van der Waals surface area (Å²) < 4.78 is 25.2. The molecule has 0 saturated heterocycles. The first kappa shape index (κ1) is 23.1. The van der Waals surface area contributed by atoms with E-state index in [-0.39, 0.29) is 19.0 Å². The summed E-state index contributed by atoms with van der Waals surface area (Å²) in [5, 5.41) is 3.39. The van der Waals surface area contributed by atoms with Gasteiger partial charge in [0.25, 0.3) is 5.91 Å². The van der Waals surface area contributed by atoms with Crippen LogP contribution >= 0.6 is 11.8 Å². The zero-order valence-electron chi connectivity index (χ0n) is 16.9. The second kappa shape index (κ2) is 10.6. The van der Waals surface area contributed by atoms with E-state index in [2.05, 4.69) is 34.0 Å². The van der Waals surface area contributed by atoms with Gasteiger partial charge in [-0.3, -0.25) is 9.78 Å². The maximum atomic E-state index is 14.5. The van der Waals surface area contributed by atoms with Gasteiger partial charge in [-0.15, -0.1) is 24.6 Å². The second-order valence-electron chi connectivity index (χ2n) is 6.64. The van der Waals surface area contributed by atoms with Crippen LogP contribution in [-0.2, 0) is 9.53 Å². The van der Waals surface area contributed by atoms with Crippen molar-refractivity contribution in [3.63, 3.8) is 0 Å². The summed E-state index contributed by atoms with van der Waals surface area (Å²) in [6.45, 7) is 3.79. The summed E-state index contributed by atoms with van der Waals surface area (Å²) in [5.41, 5.74) is -0.834. The van der Waals surface area contributed by atoms with Crippen molar-refractivity contribution in [1.29, 1.82) is 0 Å². The highest BCUT2D eigenvalue weighted by atomic mass is 32.2. The van der Waals surface area contributed by atoms with Crippen LogP contribution in [0.25, 0.3) is 10.9 Å². The van der Waals surface area contributed by atoms with Gasteiger partial charge >= 0.3 is 0 Å². The Bertz CT molecular complexity index is 1070. The second-order valence-corrected chi connectivity index (χ2v) is 7.54. The van der Waals surface area contributed by atoms with Crippen LogP contribution in [0.15, 0.2) is 24.4 Å². The molecule has 1 N–H and O–H groups in total. The quantitative estimate of drug-likeness (QED) is 0.421. The SMILES string of the molecule is C#CCOCC#CC(C)(C)NC(=O)C(Oc1cc2cc(C#C)cnc2cc1F)SC. The highest BCUT2D eigenvalue weighted by molar-refractivity contribution is 7.99. The summed E-state index contributed by atoms with van der Waals surface area (Å²) in [4.78, 5) is 16.8. The summed E-state index contributed by atoms with van der Waals surface area (Å²) in [7, 11) is 0. The van der Waals surface area contributed by atoms with Gasteiger partial charge < -0.3 is 14.8 Å². The standard InChI is InChI=1S/C23H21FN2O3S/c1-6-10-28-11-8-9-23(3,4)26-21(27)22(30-5)29-20-13-17-12-16(7-2)15-25-19(17)14-18(20)24/h1-2,12-15,22H,10-11H2,3-5H3,(H,26,27). The highest BCUT2D eigenvalue weighted by Gasteiger charge is 2.26. The van der Waals surface area contributed by atoms with E-state index in [1.54, 1.807) is 26.2 Å². The Kier molecular flexibility index (Phi) is 8.13. The number of fused-ring (bicyclic) bond motifs is 1. The number of aromatic nitrogens is 1. The van der Waals surface area contributed by atoms with E-state index < -0.39 is 22.7 Å². The lowest BCUT2D eigenvalue weighted by molar-refractivity contribution is -0.125. The molecule has 0 aliphatic rings. The molecule has 0 radical (unpaired) electrons. The number of thioether (sulfide) groups is 1. The molecule has 7 heteroatoms. The zero-order valence-corrected chi connectivity index (χ0v) is 17.7. The number of hydrogen-bond acceptors (Lipinski definition) is 5. The van der Waals surface area contributed by atoms with Crippen molar-refractivity contribution in [1.82, 2.24) is 10.3 Å². The lowest BCUT2D eigenvalue weighted by Gasteiger charge is -2.24. The van der Waals surface area contributed by atoms with E-state index in [1.807, 2.05) is 0 Å². The molecule has 30 heavy (non-hydrogen) atoms. The topological polar surface area (TPSA) is 60.5 Å². The van der Waals surface area contributed by atoms with Crippen molar-refractivity contribution in [2.24, 2.45) is 0 Å². The van der Waals surface area contributed by atoms with Crippen molar-refractivity contribution in [3.05, 3.63) is 35.8 Å². The Morgan fingerprint density at radius 3 is 2.77 bits per heavy atom. The maximum absolute atomic E-state index is 14.5. The molecule has 2 aromatic rings. The van der Waals surface area contributed by atoms with E-state index >= 15 is 0 Å². The summed E-state index contributed by atoms with van der Waals surface area (Å²) in [5.74, 6) is 9.38. The van der Waals surface area contributed by atoms with Gasteiger partial charge in [-0.2, -0.15) is 0 Å². The van der Waals surface area contributed by atoms with Crippen LogP contribution in [0.3, 0.4) is 0 Å². The molecule has 1 amide bonds. The fourth-order valence-electron chi connectivity index (χ4n) is 2.44. The van der Waals surface area contributed by atoms with E-state index in [9.17, 15) is 9.18 Å². The molecule has 1 aromatic heterocycles. The molecule has 0 saturated carbocycles. The minimum absolute atomic E-state index is 0.0699. The lowest BCUT2D eigenvalue weighted by Crippen LogP contribution is -2.47. The number of carbonyl (C=O) groups excluding carboxylic acids is 1. The Hall–Kier alpha value is -3.18. The van der Waals surface area contributed by atoms with Gasteiger partial charge in [0.05, 0.1) is 11.1 Å². The number of nitrogens with zero attached hydrogens (tertiary/aromatic N) is 1. The molecular weight excluding hydrogens is 403 g/mol. The number of rotatable bonds is 7. The van der Waals surface area contributed by atoms with Gasteiger partial charge in [-0.25, -0.2) is 4.39 Å². The van der Waals surface area contributed by atoms with Crippen LogP contribution < -0.4 is 10.1 Å². The number of terminal acetylenes is 2. The number of amides is 1. The van der Waals surface area contributed by atoms with Crippen molar-refractivity contribution in [2.75, 3.05) is 19.5 Å². The fraction of sp³-hybridized carbons (Fsp3) is 0.304. The predicted molar refractivity (Wildman–Crippen MR) is 117 cm³/mol. The maximum Gasteiger partial charge on any atom is 0.272 e. The average molecular weight is 424 g/mol. The van der Waals surface area contributed by atoms with Gasteiger partial charge in [0, 0.05) is 23.2 Å². The third-order valence-corrected chi connectivity index (χ3v) is 4.50. The summed E-state index contributed by atoms with van der Waals surface area (Å²) in [6, 6.07) is 4.42. The van der Waals surface area contributed by atoms with E-state index in [4.69, 9.17) is 22.3 Å². The van der Waals surface area contributed by atoms with Gasteiger partial charge in [0.15, 0.2) is 11.6 Å². The minimum atomic E-state index is -0.987. The molecule has 0 bridgehead atoms. The van der Waals surface area contributed by atoms with Crippen LogP contribution in [0.4, 0.5) is 4.39 Å². The van der Waals surface area contributed by atoms with Crippen molar-refractivity contribution in [3.8, 4) is 42.3 Å². The minimum Gasteiger partial charge on any atom is -0.467 e. The van der Waals surface area contributed by atoms with Gasteiger partial charge in [-0.05, 0) is 32.2 Å². The number of hydrogen-bond donors (Lipinski definition) is 1. The molecule has 1 heterocycles.